The maximum Gasteiger partial charge on any atom is 0.328 e. The van der Waals surface area contributed by atoms with Gasteiger partial charge in [0.05, 0.1) is 0 Å². The number of hydrogen-bond donors (Lipinski definition) is 10. The highest BCUT2D eigenvalue weighted by Gasteiger charge is 2.38. The number of unbranched alkanes of at least 4 members (excludes halogenated alkanes) is 1. The van der Waals surface area contributed by atoms with E-state index < -0.39 is 114 Å². The Hall–Kier alpha value is -7.25. The maximum absolute atomic E-state index is 14.4. The molecule has 7 amide bonds. The lowest BCUT2D eigenvalue weighted by Crippen LogP contribution is -2.62. The number of aromatic hydroxyl groups is 2. The van der Waals surface area contributed by atoms with Gasteiger partial charge in [0.15, 0.2) is 0 Å². The normalized spacial score (nSPS) is 21.4. The average molecular weight is 934 g/mol. The van der Waals surface area contributed by atoms with Gasteiger partial charge in [0.2, 0.25) is 35.4 Å². The summed E-state index contributed by atoms with van der Waals surface area (Å²) in [5.41, 5.74) is 1.34. The number of carbonyl (C=O) groups is 9. The molecule has 1 fully saturated rings. The fourth-order valence-corrected chi connectivity index (χ4v) is 6.75. The van der Waals surface area contributed by atoms with Crippen molar-refractivity contribution in [2.45, 2.75) is 136 Å². The number of hydrogen-bond acceptors (Lipinski definition) is 12. The largest absolute Gasteiger partial charge is 0.508 e. The highest BCUT2D eigenvalue weighted by Crippen LogP contribution is 2.17. The van der Waals surface area contributed by atoms with Crippen LogP contribution in [0.3, 0.4) is 0 Å². The molecule has 7 atom stereocenters. The molecule has 0 saturated carbocycles. The van der Waals surface area contributed by atoms with Gasteiger partial charge in [-0.2, -0.15) is 0 Å². The van der Waals surface area contributed by atoms with E-state index in [-0.39, 0.29) is 30.0 Å². The highest BCUT2D eigenvalue weighted by molar-refractivity contribution is 6.02. The Labute approximate surface area is 389 Å². The number of phenolic OH excluding ortho intramolecular Hbond substituents is 2. The minimum atomic E-state index is -1.77. The molecule has 0 unspecified atom stereocenters. The molecule has 364 valence electrons. The molecule has 1 aliphatic heterocycles. The topological polar surface area (TPSA) is 308 Å². The summed E-state index contributed by atoms with van der Waals surface area (Å²) in [4.78, 5) is 122. The molecule has 0 aromatic heterocycles. The van der Waals surface area contributed by atoms with Gasteiger partial charge in [-0.3, -0.25) is 38.4 Å². The summed E-state index contributed by atoms with van der Waals surface area (Å²) in [5.74, 6) is -8.86. The number of rotatable bonds is 17. The number of amides is 7. The van der Waals surface area contributed by atoms with E-state index in [0.29, 0.717) is 30.4 Å². The number of esters is 1. The number of phenols is 2. The van der Waals surface area contributed by atoms with Crippen molar-refractivity contribution in [1.29, 1.82) is 0 Å². The quantitative estimate of drug-likeness (QED) is 0.0611. The van der Waals surface area contributed by atoms with E-state index in [2.05, 4.69) is 37.2 Å². The molecule has 10 N–H and O–H groups in total. The lowest BCUT2D eigenvalue weighted by atomic mass is 10.00. The molecule has 0 bridgehead atoms. The minimum absolute atomic E-state index is 0.0345. The molecule has 3 rings (SSSR count). The molecule has 1 aliphatic rings. The molecule has 1 heterocycles. The van der Waals surface area contributed by atoms with E-state index in [9.17, 15) is 58.5 Å². The molecule has 0 radical (unpaired) electrons. The smallest absolute Gasteiger partial charge is 0.328 e. The Morgan fingerprint density at radius 1 is 0.761 bits per heavy atom. The number of benzene rings is 2. The van der Waals surface area contributed by atoms with E-state index in [1.54, 1.807) is 45.9 Å². The summed E-state index contributed by atoms with van der Waals surface area (Å²) < 4.78 is 5.80. The Morgan fingerprint density at radius 2 is 1.37 bits per heavy atom. The monoisotopic (exact) mass is 933 g/mol. The Balaban J connectivity index is 2.06. The second-order valence-corrected chi connectivity index (χ2v) is 16.6. The van der Waals surface area contributed by atoms with E-state index >= 15 is 0 Å². The van der Waals surface area contributed by atoms with Gasteiger partial charge in [0.1, 0.15) is 59.6 Å². The first-order chi connectivity index (χ1) is 31.6. The highest BCUT2D eigenvalue weighted by atomic mass is 16.5. The van der Waals surface area contributed by atoms with Gasteiger partial charge in [-0.25, -0.2) is 4.79 Å². The van der Waals surface area contributed by atoms with E-state index in [4.69, 9.17) is 4.74 Å². The summed E-state index contributed by atoms with van der Waals surface area (Å²) in [5, 5.41) is 46.7. The van der Waals surface area contributed by atoms with Crippen LogP contribution in [0, 0.1) is 5.92 Å². The average Bonchev–Trinajstić information content (AvgIpc) is 3.28. The zero-order valence-electron chi connectivity index (χ0n) is 38.8. The number of carbonyl (C=O) groups excluding carboxylic acids is 8. The number of carboxylic acid groups (broad SMARTS) is 1. The van der Waals surface area contributed by atoms with Gasteiger partial charge in [0, 0.05) is 18.4 Å². The standard InChI is InChI=1S/C47H63N7O13/c1-8-26(5)40(59)53-38(25(3)4)45(64)52-36(24-30-16-20-32(56)21-17-30)44(63)54-39-28(7)67-47(66)35(13-11-10-12-29-14-18-31(55)19-15-29)51-43(62)34(22-23-37(57)58)50-42(61)33(9-2)49-41(60)27(6)48-46(39)65/h8-9,14-21,25,27-28,34-36,38-39,55-56H,10-13,22-24H2,1-7H3,(H,48,65)(H,49,60)(H,50,61)(H,51,62)(H,52,64)(H,53,59)(H,54,63)(H,57,58)/b26-8+,33-9-/t27-,28+,34+,35-,36-,38-,39-/m0/s1. The molecule has 2 aromatic carbocycles. The van der Waals surface area contributed by atoms with Crippen LogP contribution in [0.1, 0.15) is 91.7 Å². The summed E-state index contributed by atoms with van der Waals surface area (Å²) in [6, 6.07) is 3.57. The second-order valence-electron chi connectivity index (χ2n) is 16.6. The van der Waals surface area contributed by atoms with Crippen LogP contribution in [-0.2, 0) is 60.7 Å². The summed E-state index contributed by atoms with van der Waals surface area (Å²) in [6.45, 7) is 10.6. The van der Waals surface area contributed by atoms with Gasteiger partial charge >= 0.3 is 11.9 Å². The zero-order valence-corrected chi connectivity index (χ0v) is 38.8. The molecule has 1 saturated heterocycles. The maximum atomic E-state index is 14.4. The van der Waals surface area contributed by atoms with Gasteiger partial charge in [0.25, 0.3) is 5.91 Å². The van der Waals surface area contributed by atoms with Crippen LogP contribution in [0.4, 0.5) is 0 Å². The lowest BCUT2D eigenvalue weighted by Gasteiger charge is -2.30. The zero-order chi connectivity index (χ0) is 50.0. The number of aryl methyl sites for hydroxylation is 1. The molecular formula is C47H63N7O13. The van der Waals surface area contributed by atoms with Crippen molar-refractivity contribution in [3.8, 4) is 11.5 Å². The summed E-state index contributed by atoms with van der Waals surface area (Å²) in [6.07, 6.45) is 1.40. The predicted octanol–water partition coefficient (Wildman–Crippen LogP) is 1.43. The van der Waals surface area contributed by atoms with Crippen molar-refractivity contribution in [1.82, 2.24) is 37.2 Å². The van der Waals surface area contributed by atoms with Crippen LogP contribution < -0.4 is 37.2 Å². The van der Waals surface area contributed by atoms with E-state index in [1.807, 2.05) is 0 Å². The molecular weight excluding hydrogens is 871 g/mol. The first-order valence-corrected chi connectivity index (χ1v) is 22.0. The third-order valence-corrected chi connectivity index (χ3v) is 10.9. The molecule has 20 nitrogen and oxygen atoms in total. The minimum Gasteiger partial charge on any atom is -0.508 e. The van der Waals surface area contributed by atoms with Crippen LogP contribution in [0.5, 0.6) is 11.5 Å². The first-order valence-electron chi connectivity index (χ1n) is 22.0. The van der Waals surface area contributed by atoms with Gasteiger partial charge < -0.3 is 57.3 Å². The van der Waals surface area contributed by atoms with E-state index in [1.165, 1.54) is 63.2 Å². The Bertz CT molecular complexity index is 2170. The molecule has 2 aromatic rings. The third kappa shape index (κ3) is 17.2. The van der Waals surface area contributed by atoms with Gasteiger partial charge in [-0.15, -0.1) is 0 Å². The van der Waals surface area contributed by atoms with Crippen LogP contribution in [0.15, 0.2) is 72.0 Å². The fourth-order valence-electron chi connectivity index (χ4n) is 6.75. The van der Waals surface area contributed by atoms with Gasteiger partial charge in [-0.1, -0.05) is 56.7 Å². The van der Waals surface area contributed by atoms with Crippen LogP contribution in [0.2, 0.25) is 0 Å². The molecule has 67 heavy (non-hydrogen) atoms. The molecule has 20 heteroatoms. The number of carboxylic acids is 1. The van der Waals surface area contributed by atoms with Crippen LogP contribution in [0.25, 0.3) is 0 Å². The number of nitrogens with one attached hydrogen (secondary N) is 7. The van der Waals surface area contributed by atoms with Gasteiger partial charge in [-0.05, 0) is 102 Å². The number of aliphatic carboxylic acids is 1. The Morgan fingerprint density at radius 3 is 1.94 bits per heavy atom. The van der Waals surface area contributed by atoms with E-state index in [0.717, 1.165) is 5.56 Å². The van der Waals surface area contributed by atoms with Crippen molar-refractivity contribution in [3.05, 3.63) is 83.1 Å². The van der Waals surface area contributed by atoms with Crippen molar-refractivity contribution >= 4 is 53.3 Å². The van der Waals surface area contributed by atoms with Crippen molar-refractivity contribution in [3.63, 3.8) is 0 Å². The van der Waals surface area contributed by atoms with Crippen molar-refractivity contribution < 1.29 is 63.2 Å². The number of allylic oxidation sites excluding steroid dienone is 2. The fraction of sp³-hybridized carbons (Fsp3) is 0.468. The predicted molar refractivity (Wildman–Crippen MR) is 243 cm³/mol. The molecule has 0 aliphatic carbocycles. The Kier molecular flexibility index (Phi) is 21.0. The van der Waals surface area contributed by atoms with Crippen LogP contribution >= 0.6 is 0 Å². The van der Waals surface area contributed by atoms with Crippen molar-refractivity contribution in [2.75, 3.05) is 0 Å². The van der Waals surface area contributed by atoms with Crippen molar-refractivity contribution in [2.24, 2.45) is 5.92 Å². The third-order valence-electron chi connectivity index (χ3n) is 10.9. The van der Waals surface area contributed by atoms with Crippen LogP contribution in [-0.4, -0.2) is 111 Å². The SMILES string of the molecule is C/C=C1\NC(=O)[C@H](C)NC(=O)[C@@H](NC(=O)[C@H](Cc2ccc(O)cc2)NC(=O)[C@@H](NC(=O)/C(C)=C/C)C(C)C)[C@@H](C)OC(=O)[C@H](CCCCc2ccc(O)cc2)NC(=O)[C@@H](CCC(=O)O)NC1=O. The second kappa shape index (κ2) is 26.0. The number of ether oxygens (including phenoxy) is 1. The first kappa shape index (κ1) is 54.1. The lowest BCUT2D eigenvalue weighted by molar-refractivity contribution is -0.156. The number of cyclic esters (lactones) is 1. The molecule has 0 spiro atoms. The summed E-state index contributed by atoms with van der Waals surface area (Å²) >= 11 is 0. The summed E-state index contributed by atoms with van der Waals surface area (Å²) in [7, 11) is 0.